The average molecular weight is 437 g/mol. The largest absolute Gasteiger partial charge is 0.486 e. The van der Waals surface area contributed by atoms with Crippen molar-refractivity contribution in [2.45, 2.75) is 84.3 Å². The third-order valence-electron chi connectivity index (χ3n) is 6.50. The number of carbonyl (C=O) groups is 1. The van der Waals surface area contributed by atoms with E-state index in [1.165, 1.54) is 11.1 Å². The van der Waals surface area contributed by atoms with Gasteiger partial charge in [0.25, 0.3) is 11.5 Å². The zero-order chi connectivity index (χ0) is 23.4. The van der Waals surface area contributed by atoms with Crippen molar-refractivity contribution in [1.29, 1.82) is 0 Å². The highest BCUT2D eigenvalue weighted by molar-refractivity contribution is 5.95. The summed E-state index contributed by atoms with van der Waals surface area (Å²) in [5, 5.41) is 0. The Morgan fingerprint density at radius 2 is 1.47 bits per heavy atom. The predicted molar refractivity (Wildman–Crippen MR) is 128 cm³/mol. The molecule has 1 aliphatic carbocycles. The minimum atomic E-state index is -0.0811. The molecule has 2 aliphatic rings. The lowest BCUT2D eigenvalue weighted by Crippen LogP contribution is -2.56. The smallest absolute Gasteiger partial charge is 0.254 e. The van der Waals surface area contributed by atoms with E-state index in [0.717, 1.165) is 24.1 Å². The van der Waals surface area contributed by atoms with E-state index in [2.05, 4.69) is 47.6 Å². The molecule has 2 aromatic rings. The topological polar surface area (TPSA) is 51.5 Å². The molecular formula is C27H36N2O3. The van der Waals surface area contributed by atoms with E-state index >= 15 is 0 Å². The summed E-state index contributed by atoms with van der Waals surface area (Å²) in [6.45, 7) is 16.1. The van der Waals surface area contributed by atoms with Crippen molar-refractivity contribution in [3.05, 3.63) is 63.1 Å². The van der Waals surface area contributed by atoms with E-state index in [1.54, 1.807) is 6.07 Å². The third kappa shape index (κ3) is 4.62. The lowest BCUT2D eigenvalue weighted by molar-refractivity contribution is 0.0176. The van der Waals surface area contributed by atoms with Gasteiger partial charge < -0.3 is 14.2 Å². The van der Waals surface area contributed by atoms with Crippen LogP contribution in [0.2, 0.25) is 0 Å². The number of ether oxygens (including phenoxy) is 1. The van der Waals surface area contributed by atoms with Crippen LogP contribution in [0.15, 0.2) is 35.1 Å². The summed E-state index contributed by atoms with van der Waals surface area (Å²) in [5.74, 6) is 0.646. The van der Waals surface area contributed by atoms with Crippen LogP contribution in [-0.4, -0.2) is 34.6 Å². The highest BCUT2D eigenvalue weighted by atomic mass is 16.5. The van der Waals surface area contributed by atoms with Crippen LogP contribution in [0.5, 0.6) is 5.75 Å². The molecule has 1 aliphatic heterocycles. The maximum absolute atomic E-state index is 13.2. The zero-order valence-electron chi connectivity index (χ0n) is 20.5. The summed E-state index contributed by atoms with van der Waals surface area (Å²) < 4.78 is 7.89. The first kappa shape index (κ1) is 22.6. The second-order valence-corrected chi connectivity index (χ2v) is 11.5. The average Bonchev–Trinajstić information content (AvgIpc) is 3.46. The molecule has 1 aromatic carbocycles. The SMILES string of the molecule is Cc1cc(OC2CN(C(=O)c3cc(C(C)(C)C)cc(C(C)(C)C)c3)C2)cc(=O)n1C1CC1. The van der Waals surface area contributed by atoms with E-state index in [1.807, 2.05) is 34.6 Å². The fraction of sp³-hybridized carbons (Fsp3) is 0.556. The van der Waals surface area contributed by atoms with Gasteiger partial charge in [-0.25, -0.2) is 0 Å². The molecule has 172 valence electrons. The Kier molecular flexibility index (Phi) is 5.51. The molecule has 0 N–H and O–H groups in total. The molecule has 0 spiro atoms. The van der Waals surface area contributed by atoms with Crippen LogP contribution in [0.1, 0.15) is 87.6 Å². The van der Waals surface area contributed by atoms with Crippen molar-refractivity contribution in [1.82, 2.24) is 9.47 Å². The number of likely N-dealkylation sites (tertiary alicyclic amines) is 1. The van der Waals surface area contributed by atoms with Crippen LogP contribution in [0.4, 0.5) is 0 Å². The van der Waals surface area contributed by atoms with Gasteiger partial charge in [-0.1, -0.05) is 47.6 Å². The molecule has 1 amide bonds. The Morgan fingerprint density at radius 1 is 0.906 bits per heavy atom. The molecule has 1 aromatic heterocycles. The van der Waals surface area contributed by atoms with E-state index in [4.69, 9.17) is 4.74 Å². The zero-order valence-corrected chi connectivity index (χ0v) is 20.5. The van der Waals surface area contributed by atoms with Crippen LogP contribution in [0.3, 0.4) is 0 Å². The lowest BCUT2D eigenvalue weighted by atomic mass is 9.79. The Hall–Kier alpha value is -2.56. The van der Waals surface area contributed by atoms with Gasteiger partial charge in [0.15, 0.2) is 0 Å². The molecule has 0 radical (unpaired) electrons. The molecule has 0 bridgehead atoms. The Morgan fingerprint density at radius 3 is 1.94 bits per heavy atom. The molecule has 1 saturated carbocycles. The first-order valence-electron chi connectivity index (χ1n) is 11.7. The van der Waals surface area contributed by atoms with Gasteiger partial charge in [0.2, 0.25) is 0 Å². The van der Waals surface area contributed by atoms with Crippen LogP contribution in [0.25, 0.3) is 0 Å². The van der Waals surface area contributed by atoms with E-state index in [0.29, 0.717) is 24.9 Å². The summed E-state index contributed by atoms with van der Waals surface area (Å²) in [6, 6.07) is 10.2. The highest BCUT2D eigenvalue weighted by Crippen LogP contribution is 2.35. The van der Waals surface area contributed by atoms with E-state index < -0.39 is 0 Å². The molecule has 2 fully saturated rings. The van der Waals surface area contributed by atoms with Crippen molar-refractivity contribution in [3.8, 4) is 5.75 Å². The maximum Gasteiger partial charge on any atom is 0.254 e. The summed E-state index contributed by atoms with van der Waals surface area (Å²) in [5.41, 5.74) is 3.97. The van der Waals surface area contributed by atoms with Gasteiger partial charge in [0, 0.05) is 23.4 Å². The van der Waals surface area contributed by atoms with Crippen LogP contribution in [0, 0.1) is 6.92 Å². The second-order valence-electron chi connectivity index (χ2n) is 11.5. The third-order valence-corrected chi connectivity index (χ3v) is 6.50. The summed E-state index contributed by atoms with van der Waals surface area (Å²) >= 11 is 0. The van der Waals surface area contributed by atoms with Crippen molar-refractivity contribution in [2.75, 3.05) is 13.1 Å². The number of benzene rings is 1. The molecular weight excluding hydrogens is 400 g/mol. The van der Waals surface area contributed by atoms with Gasteiger partial charge in [-0.2, -0.15) is 0 Å². The molecule has 0 atom stereocenters. The van der Waals surface area contributed by atoms with Crippen LogP contribution >= 0.6 is 0 Å². The summed E-state index contributed by atoms with van der Waals surface area (Å²) in [6.07, 6.45) is 2.07. The Balaban J connectivity index is 1.46. The Labute approximate surface area is 191 Å². The number of aromatic nitrogens is 1. The molecule has 2 heterocycles. The first-order valence-corrected chi connectivity index (χ1v) is 11.7. The quantitative estimate of drug-likeness (QED) is 0.678. The molecule has 0 unspecified atom stereocenters. The van der Waals surface area contributed by atoms with Crippen LogP contribution < -0.4 is 10.3 Å². The minimum absolute atomic E-state index is 0.00320. The number of rotatable bonds is 4. The van der Waals surface area contributed by atoms with Crippen molar-refractivity contribution in [3.63, 3.8) is 0 Å². The summed E-state index contributed by atoms with van der Waals surface area (Å²) in [7, 11) is 0. The monoisotopic (exact) mass is 436 g/mol. The second kappa shape index (κ2) is 7.79. The normalized spacial score (nSPS) is 17.3. The fourth-order valence-corrected chi connectivity index (χ4v) is 4.22. The van der Waals surface area contributed by atoms with Crippen molar-refractivity contribution >= 4 is 5.91 Å². The maximum atomic E-state index is 13.2. The summed E-state index contributed by atoms with van der Waals surface area (Å²) in [4.78, 5) is 27.5. The predicted octanol–water partition coefficient (Wildman–Crippen LogP) is 4.99. The standard InChI is InChI=1S/C27H36N2O3/c1-17-10-22(14-24(30)29(17)21-8-9-21)32-23-15-28(16-23)25(31)18-11-19(26(2,3)4)13-20(12-18)27(5,6)7/h10-14,21,23H,8-9,15-16H2,1-7H3. The number of nitrogens with zero attached hydrogens (tertiary/aromatic N) is 2. The molecule has 32 heavy (non-hydrogen) atoms. The van der Waals surface area contributed by atoms with Gasteiger partial charge in [0.05, 0.1) is 13.1 Å². The van der Waals surface area contributed by atoms with Crippen molar-refractivity contribution < 1.29 is 9.53 Å². The molecule has 5 nitrogen and oxygen atoms in total. The van der Waals surface area contributed by atoms with Gasteiger partial charge >= 0.3 is 0 Å². The number of carbonyl (C=O) groups excluding carboxylic acids is 1. The van der Waals surface area contributed by atoms with Crippen LogP contribution in [-0.2, 0) is 10.8 Å². The number of aryl methyl sites for hydroxylation is 1. The van der Waals surface area contributed by atoms with Gasteiger partial charge in [-0.05, 0) is 59.9 Å². The number of hydrogen-bond acceptors (Lipinski definition) is 3. The van der Waals surface area contributed by atoms with Crippen molar-refractivity contribution in [2.24, 2.45) is 0 Å². The van der Waals surface area contributed by atoms with Gasteiger partial charge in [-0.15, -0.1) is 0 Å². The van der Waals surface area contributed by atoms with E-state index in [9.17, 15) is 9.59 Å². The number of hydrogen-bond donors (Lipinski definition) is 0. The fourth-order valence-electron chi connectivity index (χ4n) is 4.22. The van der Waals surface area contributed by atoms with Gasteiger partial charge in [-0.3, -0.25) is 9.59 Å². The highest BCUT2D eigenvalue weighted by Gasteiger charge is 2.34. The molecule has 1 saturated heterocycles. The number of pyridine rings is 1. The molecule has 5 heteroatoms. The van der Waals surface area contributed by atoms with Gasteiger partial charge in [0.1, 0.15) is 11.9 Å². The van der Waals surface area contributed by atoms with E-state index in [-0.39, 0.29) is 28.4 Å². The Bertz CT molecular complexity index is 1060. The lowest BCUT2D eigenvalue weighted by Gasteiger charge is -2.39. The molecule has 4 rings (SSSR count). The minimum Gasteiger partial charge on any atom is -0.486 e. The first-order chi connectivity index (χ1) is 14.8. The number of amides is 1.